The number of para-hydroxylation sites is 1. The molecule has 0 radical (unpaired) electrons. The van der Waals surface area contributed by atoms with E-state index in [0.29, 0.717) is 12.1 Å². The normalized spacial score (nSPS) is 15.7. The fourth-order valence-corrected chi connectivity index (χ4v) is 5.54. The highest BCUT2D eigenvalue weighted by molar-refractivity contribution is 7.92. The van der Waals surface area contributed by atoms with Gasteiger partial charge in [0.1, 0.15) is 6.61 Å². The Hall–Kier alpha value is -3.12. The molecule has 154 valence electrons. The van der Waals surface area contributed by atoms with Gasteiger partial charge in [-0.1, -0.05) is 48.5 Å². The number of esters is 1. The third-order valence-electron chi connectivity index (χ3n) is 5.39. The number of carbonyl (C=O) groups is 1. The molecule has 4 rings (SSSR count). The van der Waals surface area contributed by atoms with Crippen molar-refractivity contribution in [3.05, 3.63) is 95.1 Å². The van der Waals surface area contributed by atoms with Crippen molar-refractivity contribution in [3.8, 4) is 0 Å². The zero-order valence-electron chi connectivity index (χ0n) is 16.9. The number of nitrogens with zero attached hydrogens (tertiary/aromatic N) is 1. The van der Waals surface area contributed by atoms with Gasteiger partial charge in [-0.05, 0) is 61.2 Å². The molecule has 0 N–H and O–H groups in total. The number of aryl methyl sites for hydroxylation is 1. The summed E-state index contributed by atoms with van der Waals surface area (Å²) in [4.78, 5) is 12.6. The average Bonchev–Trinajstić information content (AvgIpc) is 3.09. The molecule has 0 aromatic heterocycles. The van der Waals surface area contributed by atoms with E-state index in [-0.39, 0.29) is 23.1 Å². The van der Waals surface area contributed by atoms with Gasteiger partial charge in [0.05, 0.1) is 16.1 Å². The van der Waals surface area contributed by atoms with Crippen molar-refractivity contribution in [3.63, 3.8) is 0 Å². The average molecular weight is 422 g/mol. The Balaban J connectivity index is 1.58. The molecule has 1 aliphatic rings. The van der Waals surface area contributed by atoms with Gasteiger partial charge < -0.3 is 4.74 Å². The zero-order chi connectivity index (χ0) is 21.3. The van der Waals surface area contributed by atoms with Crippen molar-refractivity contribution in [2.45, 2.75) is 37.8 Å². The van der Waals surface area contributed by atoms with Crippen LogP contribution in [-0.2, 0) is 27.8 Å². The number of hydrogen-bond acceptors (Lipinski definition) is 4. The van der Waals surface area contributed by atoms with Crippen molar-refractivity contribution < 1.29 is 17.9 Å². The molecule has 1 heterocycles. The predicted molar refractivity (Wildman–Crippen MR) is 116 cm³/mol. The molecule has 6 heteroatoms. The van der Waals surface area contributed by atoms with E-state index >= 15 is 0 Å². The largest absolute Gasteiger partial charge is 0.457 e. The monoisotopic (exact) mass is 421 g/mol. The first-order valence-electron chi connectivity index (χ1n) is 9.82. The van der Waals surface area contributed by atoms with Gasteiger partial charge in [0.2, 0.25) is 0 Å². The summed E-state index contributed by atoms with van der Waals surface area (Å²) in [6.45, 7) is 3.97. The van der Waals surface area contributed by atoms with Gasteiger partial charge in [-0.15, -0.1) is 0 Å². The molecule has 0 fully saturated rings. The number of sulfonamides is 1. The number of ether oxygens (including phenoxy) is 1. The zero-order valence-corrected chi connectivity index (χ0v) is 17.7. The van der Waals surface area contributed by atoms with Crippen LogP contribution in [0.15, 0.2) is 77.7 Å². The summed E-state index contributed by atoms with van der Waals surface area (Å²) in [5.41, 5.74) is 3.85. The van der Waals surface area contributed by atoms with Gasteiger partial charge in [0, 0.05) is 6.04 Å². The molecule has 0 amide bonds. The van der Waals surface area contributed by atoms with E-state index in [9.17, 15) is 13.2 Å². The number of rotatable bonds is 5. The Kier molecular flexibility index (Phi) is 5.35. The van der Waals surface area contributed by atoms with Crippen LogP contribution in [-0.4, -0.2) is 20.4 Å². The van der Waals surface area contributed by atoms with E-state index in [1.807, 2.05) is 62.4 Å². The SMILES string of the molecule is Cc1ccccc1COC(=O)c1cccc(S(=O)(=O)N2c3ccccc3C[C@H]2C)c1. The molecule has 5 nitrogen and oxygen atoms in total. The lowest BCUT2D eigenvalue weighted by Gasteiger charge is -2.24. The van der Waals surface area contributed by atoms with E-state index in [0.717, 1.165) is 16.7 Å². The number of anilines is 1. The van der Waals surface area contributed by atoms with Gasteiger partial charge in [0.25, 0.3) is 10.0 Å². The van der Waals surface area contributed by atoms with Crippen molar-refractivity contribution in [2.24, 2.45) is 0 Å². The molecule has 1 atom stereocenters. The standard InChI is InChI=1S/C24H23NO4S/c1-17-8-3-4-10-21(17)16-29-24(26)20-11-7-12-22(15-20)30(27,28)25-18(2)14-19-9-5-6-13-23(19)25/h3-13,15,18H,14,16H2,1-2H3/t18-/m1/s1. The van der Waals surface area contributed by atoms with E-state index in [1.165, 1.54) is 16.4 Å². The van der Waals surface area contributed by atoms with Gasteiger partial charge in [-0.3, -0.25) is 4.31 Å². The Morgan fingerprint density at radius 1 is 1.03 bits per heavy atom. The summed E-state index contributed by atoms with van der Waals surface area (Å²) in [5, 5.41) is 0. The fraction of sp³-hybridized carbons (Fsp3) is 0.208. The molecule has 0 unspecified atom stereocenters. The van der Waals surface area contributed by atoms with Crippen LogP contribution in [0, 0.1) is 6.92 Å². The molecule has 0 saturated carbocycles. The predicted octanol–water partition coefficient (Wildman–Crippen LogP) is 4.49. The van der Waals surface area contributed by atoms with Gasteiger partial charge in [-0.2, -0.15) is 0 Å². The Morgan fingerprint density at radius 3 is 2.57 bits per heavy atom. The molecular weight excluding hydrogens is 398 g/mol. The van der Waals surface area contributed by atoms with Crippen molar-refractivity contribution in [1.82, 2.24) is 0 Å². The minimum atomic E-state index is -3.81. The first-order valence-corrected chi connectivity index (χ1v) is 11.3. The quantitative estimate of drug-likeness (QED) is 0.570. The number of benzene rings is 3. The smallest absolute Gasteiger partial charge is 0.338 e. The molecular formula is C24H23NO4S. The maximum Gasteiger partial charge on any atom is 0.338 e. The van der Waals surface area contributed by atoms with Crippen LogP contribution in [0.4, 0.5) is 5.69 Å². The van der Waals surface area contributed by atoms with E-state index in [2.05, 4.69) is 0 Å². The lowest BCUT2D eigenvalue weighted by molar-refractivity contribution is 0.0472. The highest BCUT2D eigenvalue weighted by Gasteiger charge is 2.36. The van der Waals surface area contributed by atoms with Crippen LogP contribution >= 0.6 is 0 Å². The molecule has 3 aromatic carbocycles. The Morgan fingerprint density at radius 2 is 1.77 bits per heavy atom. The van der Waals surface area contributed by atoms with E-state index < -0.39 is 16.0 Å². The number of carbonyl (C=O) groups excluding carboxylic acids is 1. The highest BCUT2D eigenvalue weighted by Crippen LogP contribution is 2.36. The van der Waals surface area contributed by atoms with E-state index in [4.69, 9.17) is 4.74 Å². The van der Waals surface area contributed by atoms with Gasteiger partial charge >= 0.3 is 5.97 Å². The minimum Gasteiger partial charge on any atom is -0.457 e. The number of hydrogen-bond donors (Lipinski definition) is 0. The molecule has 3 aromatic rings. The number of fused-ring (bicyclic) bond motifs is 1. The van der Waals surface area contributed by atoms with Crippen molar-refractivity contribution in [2.75, 3.05) is 4.31 Å². The topological polar surface area (TPSA) is 63.7 Å². The third-order valence-corrected chi connectivity index (χ3v) is 7.32. The van der Waals surface area contributed by atoms with Crippen LogP contribution in [0.5, 0.6) is 0 Å². The Bertz CT molecular complexity index is 1200. The van der Waals surface area contributed by atoms with Crippen molar-refractivity contribution in [1.29, 1.82) is 0 Å². The molecule has 30 heavy (non-hydrogen) atoms. The summed E-state index contributed by atoms with van der Waals surface area (Å²) in [6.07, 6.45) is 0.660. The summed E-state index contributed by atoms with van der Waals surface area (Å²) >= 11 is 0. The van der Waals surface area contributed by atoms with Crippen molar-refractivity contribution >= 4 is 21.7 Å². The van der Waals surface area contributed by atoms with Crippen LogP contribution < -0.4 is 4.31 Å². The second kappa shape index (κ2) is 7.95. The second-order valence-corrected chi connectivity index (χ2v) is 9.33. The van der Waals surface area contributed by atoms with E-state index in [1.54, 1.807) is 12.1 Å². The lowest BCUT2D eigenvalue weighted by Crippen LogP contribution is -2.35. The molecule has 1 aliphatic heterocycles. The highest BCUT2D eigenvalue weighted by atomic mass is 32.2. The minimum absolute atomic E-state index is 0.0800. The van der Waals surface area contributed by atoms with Crippen LogP contribution in [0.3, 0.4) is 0 Å². The summed E-state index contributed by atoms with van der Waals surface area (Å²) in [5.74, 6) is -0.551. The first kappa shape index (κ1) is 20.2. The second-order valence-electron chi connectivity index (χ2n) is 7.51. The maximum atomic E-state index is 13.4. The molecule has 0 spiro atoms. The molecule has 0 bridgehead atoms. The van der Waals surface area contributed by atoms with Crippen LogP contribution in [0.2, 0.25) is 0 Å². The van der Waals surface area contributed by atoms with Crippen LogP contribution in [0.1, 0.15) is 34.0 Å². The molecule has 0 saturated heterocycles. The van der Waals surface area contributed by atoms with Crippen LogP contribution in [0.25, 0.3) is 0 Å². The molecule has 0 aliphatic carbocycles. The summed E-state index contributed by atoms with van der Waals surface area (Å²) in [6, 6.07) is 21.0. The van der Waals surface area contributed by atoms with Gasteiger partial charge in [-0.25, -0.2) is 13.2 Å². The summed E-state index contributed by atoms with van der Waals surface area (Å²) < 4.78 is 33.6. The van der Waals surface area contributed by atoms with Gasteiger partial charge in [0.15, 0.2) is 0 Å². The summed E-state index contributed by atoms with van der Waals surface area (Å²) in [7, 11) is -3.81. The fourth-order valence-electron chi connectivity index (χ4n) is 3.80. The first-order chi connectivity index (χ1) is 14.4. The third kappa shape index (κ3) is 3.71. The Labute approximate surface area is 177 Å². The maximum absolute atomic E-state index is 13.4. The lowest BCUT2D eigenvalue weighted by atomic mass is 10.1.